The van der Waals surface area contributed by atoms with Crippen LogP contribution in [0, 0.1) is 45.9 Å². The van der Waals surface area contributed by atoms with E-state index in [9.17, 15) is 28.1 Å². The van der Waals surface area contributed by atoms with Crippen molar-refractivity contribution in [3.63, 3.8) is 0 Å². The van der Waals surface area contributed by atoms with E-state index < -0.39 is 11.6 Å². The number of unbranched alkanes of at least 4 members (excludes halogenated alkanes) is 12. The quantitative estimate of drug-likeness (QED) is 0.0193. The van der Waals surface area contributed by atoms with Crippen LogP contribution in [-0.4, -0.2) is 26.4 Å². The van der Waals surface area contributed by atoms with E-state index in [4.69, 9.17) is 18.9 Å². The molecule has 76 heavy (non-hydrogen) atoms. The minimum atomic E-state index is -0.392. The molecule has 7 aromatic rings. The summed E-state index contributed by atoms with van der Waals surface area (Å²) in [6.07, 6.45) is 18.4. The highest BCUT2D eigenvalue weighted by molar-refractivity contribution is 5.92. The number of benzene rings is 7. The lowest BCUT2D eigenvalue weighted by Crippen LogP contribution is -1.98. The average molecular weight is 1030 g/mol. The molecule has 0 radical (unpaired) electrons. The zero-order valence-corrected chi connectivity index (χ0v) is 42.9. The number of hydrogen-bond acceptors (Lipinski definition) is 6. The number of nitrogens with zero attached hydrogens (tertiary/aromatic N) is 2. The number of rotatable bonds is 30. The molecule has 0 amide bonds. The van der Waals surface area contributed by atoms with E-state index in [1.165, 1.54) is 36.4 Å². The van der Waals surface area contributed by atoms with Crippen molar-refractivity contribution in [1.29, 1.82) is 10.5 Å². The van der Waals surface area contributed by atoms with Crippen molar-refractivity contribution in [2.24, 2.45) is 0 Å². The Kier molecular flexibility index (Phi) is 22.2. The van der Waals surface area contributed by atoms with E-state index in [1.54, 1.807) is 48.5 Å². The highest BCUT2D eigenvalue weighted by Crippen LogP contribution is 2.29. The molecule has 10 heteroatoms. The Morgan fingerprint density at radius 3 is 0.934 bits per heavy atom. The van der Waals surface area contributed by atoms with Gasteiger partial charge in [-0.3, -0.25) is 0 Å². The summed E-state index contributed by atoms with van der Waals surface area (Å²) in [6, 6.07) is 48.6. The lowest BCUT2D eigenvalue weighted by atomic mass is 9.99. The summed E-state index contributed by atoms with van der Waals surface area (Å²) in [4.78, 5) is 0. The SMILES string of the molecule is N#C/C(=C\c1ccc(OCCCCCCCCCOc2ccc(-c3ccc(F)cc3)c(F)c2)cc1)c1ccc(/C(C#N)=C\c2ccc(OCCCCCCCCCOc3ccc(-c4ccc(F)cc4)c(F)c3)cc2)cc1. The van der Waals surface area contributed by atoms with Crippen LogP contribution in [0.5, 0.6) is 23.0 Å². The molecule has 0 bridgehead atoms. The smallest absolute Gasteiger partial charge is 0.134 e. The van der Waals surface area contributed by atoms with Gasteiger partial charge < -0.3 is 18.9 Å². The van der Waals surface area contributed by atoms with Crippen LogP contribution in [0.2, 0.25) is 0 Å². The number of nitriles is 2. The molecule has 0 N–H and O–H groups in total. The van der Waals surface area contributed by atoms with Gasteiger partial charge in [0.1, 0.15) is 46.3 Å². The van der Waals surface area contributed by atoms with E-state index in [2.05, 4.69) is 12.1 Å². The van der Waals surface area contributed by atoms with Gasteiger partial charge in [0, 0.05) is 23.3 Å². The Hall–Kier alpha value is -8.08. The predicted molar refractivity (Wildman–Crippen MR) is 297 cm³/mol. The van der Waals surface area contributed by atoms with Crippen molar-refractivity contribution in [3.8, 4) is 57.4 Å². The Morgan fingerprint density at radius 1 is 0.342 bits per heavy atom. The topological polar surface area (TPSA) is 84.5 Å². The fourth-order valence-corrected chi connectivity index (χ4v) is 8.68. The van der Waals surface area contributed by atoms with Crippen LogP contribution in [0.15, 0.2) is 158 Å². The maximum atomic E-state index is 14.6. The lowest BCUT2D eigenvalue weighted by molar-refractivity contribution is 0.298. The number of halogens is 4. The van der Waals surface area contributed by atoms with Crippen molar-refractivity contribution in [2.75, 3.05) is 26.4 Å². The molecular formula is C66H64F4N2O4. The van der Waals surface area contributed by atoms with Crippen LogP contribution >= 0.6 is 0 Å². The number of ether oxygens (including phenoxy) is 4. The molecule has 390 valence electrons. The highest BCUT2D eigenvalue weighted by atomic mass is 19.1. The molecule has 0 aromatic heterocycles. The van der Waals surface area contributed by atoms with Gasteiger partial charge in [0.05, 0.1) is 49.7 Å². The van der Waals surface area contributed by atoms with Gasteiger partial charge in [-0.15, -0.1) is 0 Å². The molecule has 0 spiro atoms. The second-order valence-corrected chi connectivity index (χ2v) is 18.7. The van der Waals surface area contributed by atoms with Gasteiger partial charge in [0.2, 0.25) is 0 Å². The molecule has 7 aromatic carbocycles. The van der Waals surface area contributed by atoms with Gasteiger partial charge in [0.25, 0.3) is 0 Å². The van der Waals surface area contributed by atoms with Crippen molar-refractivity contribution < 1.29 is 36.5 Å². The van der Waals surface area contributed by atoms with Crippen LogP contribution in [0.4, 0.5) is 17.6 Å². The lowest BCUT2D eigenvalue weighted by Gasteiger charge is -2.09. The third kappa shape index (κ3) is 18.1. The van der Waals surface area contributed by atoms with Gasteiger partial charge in [0.15, 0.2) is 0 Å². The second kappa shape index (κ2) is 30.3. The predicted octanol–water partition coefficient (Wildman–Crippen LogP) is 18.1. The molecule has 0 atom stereocenters. The molecule has 0 heterocycles. The summed E-state index contributed by atoms with van der Waals surface area (Å²) < 4.78 is 79.2. The molecule has 0 saturated heterocycles. The van der Waals surface area contributed by atoms with Gasteiger partial charge >= 0.3 is 0 Å². The molecule has 0 aliphatic heterocycles. The molecule has 7 rings (SSSR count). The van der Waals surface area contributed by atoms with Gasteiger partial charge in [-0.05, 0) is 144 Å². The van der Waals surface area contributed by atoms with Gasteiger partial charge in [-0.2, -0.15) is 10.5 Å². The maximum absolute atomic E-state index is 14.6. The molecule has 0 unspecified atom stereocenters. The van der Waals surface area contributed by atoms with Gasteiger partial charge in [-0.1, -0.05) is 137 Å². The van der Waals surface area contributed by atoms with E-state index >= 15 is 0 Å². The van der Waals surface area contributed by atoms with Gasteiger partial charge in [-0.25, -0.2) is 17.6 Å². The molecule has 0 aliphatic carbocycles. The summed E-state index contributed by atoms with van der Waals surface area (Å²) in [7, 11) is 0. The zero-order valence-electron chi connectivity index (χ0n) is 42.9. The monoisotopic (exact) mass is 1020 g/mol. The van der Waals surface area contributed by atoms with Crippen molar-refractivity contribution in [3.05, 3.63) is 203 Å². The maximum Gasteiger partial charge on any atom is 0.134 e. The summed E-state index contributed by atoms with van der Waals surface area (Å²) >= 11 is 0. The van der Waals surface area contributed by atoms with Crippen molar-refractivity contribution >= 4 is 23.3 Å². The van der Waals surface area contributed by atoms with Crippen LogP contribution in [-0.2, 0) is 0 Å². The van der Waals surface area contributed by atoms with E-state index in [-0.39, 0.29) is 11.6 Å². The van der Waals surface area contributed by atoms with Crippen LogP contribution in [0.3, 0.4) is 0 Å². The van der Waals surface area contributed by atoms with Crippen LogP contribution in [0.1, 0.15) is 112 Å². The molecule has 0 saturated carbocycles. The summed E-state index contributed by atoms with van der Waals surface area (Å²) in [6.45, 7) is 2.32. The van der Waals surface area contributed by atoms with Crippen molar-refractivity contribution in [2.45, 2.75) is 89.9 Å². The van der Waals surface area contributed by atoms with E-state index in [1.807, 2.05) is 84.9 Å². The molecule has 6 nitrogen and oxygen atoms in total. The Balaban J connectivity index is 0.718. The number of hydrogen-bond donors (Lipinski definition) is 0. The Labute approximate surface area is 445 Å². The van der Waals surface area contributed by atoms with Crippen LogP contribution in [0.25, 0.3) is 45.6 Å². The third-order valence-electron chi connectivity index (χ3n) is 13.0. The number of allylic oxidation sites excluding steroid dienone is 2. The molecule has 0 fully saturated rings. The van der Waals surface area contributed by atoms with Crippen molar-refractivity contribution in [1.82, 2.24) is 0 Å². The summed E-state index contributed by atoms with van der Waals surface area (Å²) in [5, 5.41) is 20.1. The highest BCUT2D eigenvalue weighted by Gasteiger charge is 2.11. The second-order valence-electron chi connectivity index (χ2n) is 18.7. The minimum Gasteiger partial charge on any atom is -0.494 e. The Morgan fingerprint density at radius 2 is 0.632 bits per heavy atom. The first-order valence-corrected chi connectivity index (χ1v) is 26.4. The fraction of sp³-hybridized carbons (Fsp3) is 0.273. The first-order valence-electron chi connectivity index (χ1n) is 26.4. The van der Waals surface area contributed by atoms with E-state index in [0.29, 0.717) is 71.3 Å². The normalized spacial score (nSPS) is 11.4. The fourth-order valence-electron chi connectivity index (χ4n) is 8.68. The van der Waals surface area contributed by atoms with Crippen LogP contribution < -0.4 is 18.9 Å². The minimum absolute atomic E-state index is 0.355. The molecular weight excluding hydrogens is 961 g/mol. The van der Waals surface area contributed by atoms with E-state index in [0.717, 1.165) is 124 Å². The Bertz CT molecular complexity index is 2820. The summed E-state index contributed by atoms with van der Waals surface area (Å²) in [5.74, 6) is 1.06. The zero-order chi connectivity index (χ0) is 53.2. The third-order valence-corrected chi connectivity index (χ3v) is 13.0. The standard InChI is InChI=1S/C66H64F4N2O4/c67-57-27-23-53(24-28-57)63-37-35-61(45-65(63)69)75-41-13-9-5-1-3-7-11-39-73-59-31-15-49(16-32-59)43-55(47-71)51-19-21-52(22-20-51)56(48-72)44-50-17-33-60(34-18-50)74-40-12-8-4-2-6-10-14-42-76-62-36-38-64(66(70)46-62)54-25-29-58(68)30-26-54/h15-38,43-46H,1-14,39-42H2/b55-43-,56-44+. The first kappa shape index (κ1) is 55.7. The largest absolute Gasteiger partial charge is 0.494 e. The average Bonchev–Trinajstić information content (AvgIpc) is 3.44. The summed E-state index contributed by atoms with van der Waals surface area (Å²) in [5.41, 5.74) is 6.38. The first-order chi connectivity index (χ1) is 37.2. The molecule has 0 aliphatic rings.